The first kappa shape index (κ1) is 18.8. The quantitative estimate of drug-likeness (QED) is 0.545. The number of carbonyl (C=O) groups excluding carboxylic acids is 1. The van der Waals surface area contributed by atoms with Gasteiger partial charge in [-0.15, -0.1) is 0 Å². The first-order valence-corrected chi connectivity index (χ1v) is 9.22. The van der Waals surface area contributed by atoms with E-state index in [1.807, 2.05) is 6.92 Å². The molecule has 0 aliphatic carbocycles. The van der Waals surface area contributed by atoms with Gasteiger partial charge < -0.3 is 14.9 Å². The van der Waals surface area contributed by atoms with Crippen LogP contribution >= 0.6 is 11.6 Å². The Kier molecular flexibility index (Phi) is 4.60. The third-order valence-electron chi connectivity index (χ3n) is 4.71. The molecule has 7 nitrogen and oxygen atoms in total. The normalized spacial score (nSPS) is 11.0. The number of H-pyrrole nitrogens is 1. The van der Waals surface area contributed by atoms with Crippen LogP contribution in [0, 0.1) is 6.92 Å². The Balaban J connectivity index is 1.83. The maximum absolute atomic E-state index is 13.0. The lowest BCUT2D eigenvalue weighted by Gasteiger charge is -2.07. The number of anilines is 1. The SMILES string of the molecule is Cc1ccc(NC(=O)c2cn(C)c3c(=O)n(-c4ccccc4)c(=O)[nH]c23)cc1Cl. The lowest BCUT2D eigenvalue weighted by molar-refractivity contribution is 0.102. The summed E-state index contributed by atoms with van der Waals surface area (Å²) in [5.74, 6) is -0.456. The summed E-state index contributed by atoms with van der Waals surface area (Å²) in [4.78, 5) is 41.1. The molecule has 0 atom stereocenters. The number of fused-ring (bicyclic) bond motifs is 1. The van der Waals surface area contributed by atoms with Gasteiger partial charge in [-0.05, 0) is 36.8 Å². The highest BCUT2D eigenvalue weighted by Crippen LogP contribution is 2.22. The number of benzene rings is 2. The molecule has 8 heteroatoms. The molecule has 0 bridgehead atoms. The average Bonchev–Trinajstić information content (AvgIpc) is 3.02. The standard InChI is InChI=1S/C21H17ClN4O3/c1-12-8-9-13(10-16(12)22)23-19(27)15-11-25(2)18-17(15)24-21(29)26(20(18)28)14-6-4-3-5-7-14/h3-11H,1-2H3,(H,23,27)(H,24,29). The van der Waals surface area contributed by atoms with Gasteiger partial charge in [0.05, 0.1) is 16.8 Å². The summed E-state index contributed by atoms with van der Waals surface area (Å²) in [5.41, 5.74) is 1.33. The van der Waals surface area contributed by atoms with Crippen LogP contribution in [0.2, 0.25) is 5.02 Å². The van der Waals surface area contributed by atoms with E-state index in [-0.39, 0.29) is 16.6 Å². The van der Waals surface area contributed by atoms with Gasteiger partial charge >= 0.3 is 5.69 Å². The zero-order valence-electron chi connectivity index (χ0n) is 15.7. The van der Waals surface area contributed by atoms with Crippen molar-refractivity contribution < 1.29 is 4.79 Å². The molecular weight excluding hydrogens is 392 g/mol. The van der Waals surface area contributed by atoms with E-state index in [0.717, 1.165) is 10.1 Å². The summed E-state index contributed by atoms with van der Waals surface area (Å²) < 4.78 is 2.58. The van der Waals surface area contributed by atoms with Crippen LogP contribution < -0.4 is 16.6 Å². The van der Waals surface area contributed by atoms with Crippen molar-refractivity contribution in [2.75, 3.05) is 5.32 Å². The largest absolute Gasteiger partial charge is 0.344 e. The third-order valence-corrected chi connectivity index (χ3v) is 5.12. The third kappa shape index (κ3) is 3.25. The van der Waals surface area contributed by atoms with Crippen molar-refractivity contribution in [3.63, 3.8) is 0 Å². The Morgan fingerprint density at radius 1 is 1.10 bits per heavy atom. The molecule has 0 saturated carbocycles. The Hall–Kier alpha value is -3.58. The van der Waals surface area contributed by atoms with Gasteiger partial charge in [0.15, 0.2) is 0 Å². The van der Waals surface area contributed by atoms with Crippen LogP contribution in [-0.4, -0.2) is 20.0 Å². The first-order valence-electron chi connectivity index (χ1n) is 8.84. The van der Waals surface area contributed by atoms with Crippen LogP contribution in [0.25, 0.3) is 16.7 Å². The number of nitrogens with zero attached hydrogens (tertiary/aromatic N) is 2. The predicted octanol–water partition coefficient (Wildman–Crippen LogP) is 3.23. The summed E-state index contributed by atoms with van der Waals surface area (Å²) in [6.45, 7) is 1.86. The molecule has 4 rings (SSSR count). The number of aromatic amines is 1. The molecule has 4 aromatic rings. The molecule has 0 aliphatic rings. The Morgan fingerprint density at radius 2 is 1.83 bits per heavy atom. The number of nitrogens with one attached hydrogen (secondary N) is 2. The molecule has 1 amide bonds. The van der Waals surface area contributed by atoms with E-state index in [9.17, 15) is 14.4 Å². The number of amides is 1. The minimum Gasteiger partial charge on any atom is -0.344 e. The maximum atomic E-state index is 13.0. The number of aromatic nitrogens is 3. The number of halogens is 1. The summed E-state index contributed by atoms with van der Waals surface area (Å²) in [7, 11) is 1.65. The summed E-state index contributed by atoms with van der Waals surface area (Å²) in [5, 5.41) is 3.28. The van der Waals surface area contributed by atoms with Gasteiger partial charge in [-0.25, -0.2) is 9.36 Å². The van der Waals surface area contributed by atoms with E-state index in [1.54, 1.807) is 55.6 Å². The van der Waals surface area contributed by atoms with Crippen molar-refractivity contribution >= 4 is 34.2 Å². The zero-order valence-corrected chi connectivity index (χ0v) is 16.4. The van der Waals surface area contributed by atoms with E-state index in [4.69, 9.17) is 11.6 Å². The van der Waals surface area contributed by atoms with Crippen LogP contribution in [0.3, 0.4) is 0 Å². The average molecular weight is 409 g/mol. The molecule has 0 unspecified atom stereocenters. The molecule has 2 aromatic heterocycles. The molecule has 29 heavy (non-hydrogen) atoms. The van der Waals surface area contributed by atoms with Gasteiger partial charge in [0.25, 0.3) is 11.5 Å². The van der Waals surface area contributed by atoms with Crippen molar-refractivity contribution in [3.05, 3.63) is 91.7 Å². The van der Waals surface area contributed by atoms with E-state index >= 15 is 0 Å². The molecular formula is C21H17ClN4O3. The minimum atomic E-state index is -0.618. The maximum Gasteiger partial charge on any atom is 0.333 e. The lowest BCUT2D eigenvalue weighted by Crippen LogP contribution is -2.34. The number of hydrogen-bond acceptors (Lipinski definition) is 3. The fraction of sp³-hybridized carbons (Fsp3) is 0.0952. The van der Waals surface area contributed by atoms with Crippen LogP contribution in [0.5, 0.6) is 0 Å². The molecule has 0 radical (unpaired) electrons. The molecule has 0 spiro atoms. The molecule has 2 heterocycles. The van der Waals surface area contributed by atoms with Crippen molar-refractivity contribution in [2.45, 2.75) is 6.92 Å². The number of aryl methyl sites for hydroxylation is 2. The highest BCUT2D eigenvalue weighted by Gasteiger charge is 2.20. The van der Waals surface area contributed by atoms with Crippen molar-refractivity contribution in [1.29, 1.82) is 0 Å². The van der Waals surface area contributed by atoms with Gasteiger partial charge in [-0.3, -0.25) is 9.59 Å². The van der Waals surface area contributed by atoms with Crippen LogP contribution in [0.4, 0.5) is 5.69 Å². The van der Waals surface area contributed by atoms with E-state index < -0.39 is 17.2 Å². The van der Waals surface area contributed by atoms with Crippen LogP contribution in [-0.2, 0) is 7.05 Å². The number of rotatable bonds is 3. The van der Waals surface area contributed by atoms with Crippen LogP contribution in [0.1, 0.15) is 15.9 Å². The smallest absolute Gasteiger partial charge is 0.333 e. The number of para-hydroxylation sites is 1. The van der Waals surface area contributed by atoms with Crippen molar-refractivity contribution in [2.24, 2.45) is 7.05 Å². The molecule has 146 valence electrons. The van der Waals surface area contributed by atoms with Gasteiger partial charge in [0.1, 0.15) is 5.52 Å². The van der Waals surface area contributed by atoms with Gasteiger partial charge in [0, 0.05) is 24.0 Å². The summed E-state index contributed by atoms with van der Waals surface area (Å²) in [6.07, 6.45) is 1.52. The second kappa shape index (κ2) is 7.10. The van der Waals surface area contributed by atoms with Gasteiger partial charge in [-0.2, -0.15) is 0 Å². The predicted molar refractivity (Wildman–Crippen MR) is 113 cm³/mol. The van der Waals surface area contributed by atoms with Crippen molar-refractivity contribution in [1.82, 2.24) is 14.1 Å². The lowest BCUT2D eigenvalue weighted by atomic mass is 10.2. The molecule has 0 saturated heterocycles. The van der Waals surface area contributed by atoms with Gasteiger partial charge in [-0.1, -0.05) is 35.9 Å². The second-order valence-corrected chi connectivity index (χ2v) is 7.11. The van der Waals surface area contributed by atoms with Crippen molar-refractivity contribution in [3.8, 4) is 5.69 Å². The molecule has 2 N–H and O–H groups in total. The Bertz CT molecular complexity index is 1370. The Labute approximate surface area is 170 Å². The Morgan fingerprint density at radius 3 is 2.52 bits per heavy atom. The van der Waals surface area contributed by atoms with E-state index in [2.05, 4.69) is 10.3 Å². The fourth-order valence-corrected chi connectivity index (χ4v) is 3.41. The summed E-state index contributed by atoms with van der Waals surface area (Å²) in [6, 6.07) is 13.8. The number of hydrogen-bond donors (Lipinski definition) is 2. The van der Waals surface area contributed by atoms with Gasteiger partial charge in [0.2, 0.25) is 0 Å². The van der Waals surface area contributed by atoms with Crippen LogP contribution in [0.15, 0.2) is 64.3 Å². The topological polar surface area (TPSA) is 88.9 Å². The molecule has 0 aliphatic heterocycles. The second-order valence-electron chi connectivity index (χ2n) is 6.70. The fourth-order valence-electron chi connectivity index (χ4n) is 3.22. The first-order chi connectivity index (χ1) is 13.9. The highest BCUT2D eigenvalue weighted by molar-refractivity contribution is 6.31. The number of carbonyl (C=O) groups is 1. The van der Waals surface area contributed by atoms with E-state index in [1.165, 1.54) is 10.8 Å². The minimum absolute atomic E-state index is 0.186. The monoisotopic (exact) mass is 408 g/mol. The highest BCUT2D eigenvalue weighted by atomic mass is 35.5. The molecule has 2 aromatic carbocycles. The van der Waals surface area contributed by atoms with E-state index in [0.29, 0.717) is 16.4 Å². The zero-order chi connectivity index (χ0) is 20.7. The molecule has 0 fully saturated rings. The summed E-state index contributed by atoms with van der Waals surface area (Å²) >= 11 is 6.11.